The van der Waals surface area contributed by atoms with Crippen LogP contribution < -0.4 is 19.6 Å². The number of nitro benzene ring substituents is 1. The molecule has 0 aromatic heterocycles. The van der Waals surface area contributed by atoms with Crippen LogP contribution in [0.15, 0.2) is 74.7 Å². The number of hydrogen-bond donors (Lipinski definition) is 1. The summed E-state index contributed by atoms with van der Waals surface area (Å²) in [5, 5.41) is 14.7. The van der Waals surface area contributed by atoms with E-state index in [1.165, 1.54) is 24.4 Å². The minimum atomic E-state index is -0.540. The second-order valence-corrected chi connectivity index (χ2v) is 8.76. The number of benzene rings is 3. The highest BCUT2D eigenvalue weighted by Gasteiger charge is 2.14. The van der Waals surface area contributed by atoms with Gasteiger partial charge in [-0.3, -0.25) is 14.9 Å². The van der Waals surface area contributed by atoms with E-state index in [2.05, 4.69) is 42.4 Å². The van der Waals surface area contributed by atoms with Crippen molar-refractivity contribution in [1.82, 2.24) is 5.43 Å². The predicted molar refractivity (Wildman–Crippen MR) is 139 cm³/mol. The first kappa shape index (κ1) is 26.8. The van der Waals surface area contributed by atoms with Crippen LogP contribution in [0.25, 0.3) is 0 Å². The summed E-state index contributed by atoms with van der Waals surface area (Å²) in [6.45, 7) is 1.78. The van der Waals surface area contributed by atoms with Gasteiger partial charge in [-0.1, -0.05) is 15.9 Å². The number of ether oxygens (including phenoxy) is 3. The van der Waals surface area contributed by atoms with Crippen LogP contribution in [0.3, 0.4) is 0 Å². The lowest BCUT2D eigenvalue weighted by Crippen LogP contribution is -2.24. The van der Waals surface area contributed by atoms with Crippen LogP contribution in [0, 0.1) is 10.1 Å². The summed E-state index contributed by atoms with van der Waals surface area (Å²) in [5.74, 6) is -0.217. The van der Waals surface area contributed by atoms with Crippen molar-refractivity contribution in [2.45, 2.75) is 6.92 Å². The maximum absolute atomic E-state index is 12.4. The Morgan fingerprint density at radius 2 is 1.72 bits per heavy atom. The van der Waals surface area contributed by atoms with E-state index >= 15 is 0 Å². The number of hydrogen-bond acceptors (Lipinski definition) is 8. The largest absolute Gasteiger partial charge is 0.490 e. The minimum Gasteiger partial charge on any atom is -0.490 e. The average Bonchev–Trinajstić information content (AvgIpc) is 2.85. The van der Waals surface area contributed by atoms with Gasteiger partial charge in [-0.2, -0.15) is 5.10 Å². The summed E-state index contributed by atoms with van der Waals surface area (Å²) < 4.78 is 17.6. The maximum Gasteiger partial charge on any atom is 0.343 e. The van der Waals surface area contributed by atoms with Crippen LogP contribution in [0.2, 0.25) is 0 Å². The van der Waals surface area contributed by atoms with E-state index in [-0.39, 0.29) is 23.8 Å². The first-order chi connectivity index (χ1) is 17.3. The molecule has 0 atom stereocenters. The number of esters is 1. The van der Waals surface area contributed by atoms with Crippen molar-refractivity contribution in [3.63, 3.8) is 0 Å². The van der Waals surface area contributed by atoms with Gasteiger partial charge in [-0.05, 0) is 76.9 Å². The Balaban J connectivity index is 1.58. The molecule has 0 radical (unpaired) electrons. The highest BCUT2D eigenvalue weighted by Crippen LogP contribution is 2.30. The molecule has 0 saturated heterocycles. The number of amides is 1. The number of non-ortho nitro benzene ring substituents is 1. The lowest BCUT2D eigenvalue weighted by molar-refractivity contribution is -0.385. The fraction of sp³-hybridized carbons (Fsp3) is 0.125. The van der Waals surface area contributed by atoms with Gasteiger partial charge < -0.3 is 14.2 Å². The van der Waals surface area contributed by atoms with E-state index < -0.39 is 16.8 Å². The Morgan fingerprint density at radius 3 is 2.39 bits per heavy atom. The molecule has 3 rings (SSSR count). The number of rotatable bonds is 10. The molecule has 0 fully saturated rings. The Morgan fingerprint density at radius 1 is 1.00 bits per heavy atom. The number of nitrogens with zero attached hydrogens (tertiary/aromatic N) is 2. The third-order valence-corrected chi connectivity index (χ3v) is 5.59. The normalized spacial score (nSPS) is 10.6. The van der Waals surface area contributed by atoms with Gasteiger partial charge in [-0.15, -0.1) is 0 Å². The fourth-order valence-corrected chi connectivity index (χ4v) is 3.52. The second kappa shape index (κ2) is 12.8. The summed E-state index contributed by atoms with van der Waals surface area (Å²) in [4.78, 5) is 34.7. The Kier molecular flexibility index (Phi) is 9.53. The third kappa shape index (κ3) is 7.62. The zero-order chi connectivity index (χ0) is 26.1. The van der Waals surface area contributed by atoms with E-state index in [0.29, 0.717) is 28.0 Å². The zero-order valence-corrected chi connectivity index (χ0v) is 21.9. The highest BCUT2D eigenvalue weighted by atomic mass is 79.9. The van der Waals surface area contributed by atoms with Crippen LogP contribution >= 0.6 is 31.9 Å². The van der Waals surface area contributed by atoms with Gasteiger partial charge in [0.05, 0.1) is 27.8 Å². The molecule has 0 aliphatic heterocycles. The molecule has 0 aliphatic rings. The van der Waals surface area contributed by atoms with E-state index in [0.717, 1.165) is 4.47 Å². The van der Waals surface area contributed by atoms with Crippen molar-refractivity contribution in [1.29, 1.82) is 0 Å². The molecule has 0 bridgehead atoms. The maximum atomic E-state index is 12.4. The average molecular weight is 621 g/mol. The molecule has 1 N–H and O–H groups in total. The third-order valence-electron chi connectivity index (χ3n) is 4.44. The second-order valence-electron chi connectivity index (χ2n) is 6.99. The zero-order valence-electron chi connectivity index (χ0n) is 18.8. The lowest BCUT2D eigenvalue weighted by atomic mass is 10.2. The van der Waals surface area contributed by atoms with Crippen molar-refractivity contribution in [3.05, 3.63) is 90.9 Å². The van der Waals surface area contributed by atoms with Gasteiger partial charge in [0.2, 0.25) is 0 Å². The number of hydrazone groups is 1. The van der Waals surface area contributed by atoms with Crippen LogP contribution in [0.4, 0.5) is 5.69 Å². The number of halogens is 2. The van der Waals surface area contributed by atoms with Gasteiger partial charge in [0.25, 0.3) is 11.6 Å². The van der Waals surface area contributed by atoms with Crippen molar-refractivity contribution in [3.8, 4) is 17.2 Å². The number of nitro groups is 1. The molecule has 3 aromatic rings. The molecule has 0 heterocycles. The topological polar surface area (TPSA) is 129 Å². The molecular weight excluding hydrogens is 602 g/mol. The number of carbonyl (C=O) groups excluding carboxylic acids is 2. The molecule has 36 heavy (non-hydrogen) atoms. The standard InChI is InChI=1S/C24H19Br2N3O7/c1-2-34-22-11-15(3-9-21(22)36-24(31)16-4-6-17(25)7-5-16)13-27-28-23(30)14-35-20-10-8-18(29(32)33)12-19(20)26/h3-13H,2,14H2,1H3,(H,28,30). The molecule has 0 unspecified atom stereocenters. The fourth-order valence-electron chi connectivity index (χ4n) is 2.78. The summed E-state index contributed by atoms with van der Waals surface area (Å²) in [5.41, 5.74) is 3.19. The Bertz CT molecular complexity index is 1300. The Labute approximate surface area is 222 Å². The van der Waals surface area contributed by atoms with Crippen LogP contribution in [0.1, 0.15) is 22.8 Å². The first-order valence-electron chi connectivity index (χ1n) is 10.4. The SMILES string of the molecule is CCOc1cc(C=NNC(=O)COc2ccc([N+](=O)[O-])cc2Br)ccc1OC(=O)c1ccc(Br)cc1. The van der Waals surface area contributed by atoms with Gasteiger partial charge in [0.15, 0.2) is 18.1 Å². The summed E-state index contributed by atoms with van der Waals surface area (Å²) in [7, 11) is 0. The van der Waals surface area contributed by atoms with E-state index in [9.17, 15) is 19.7 Å². The van der Waals surface area contributed by atoms with E-state index in [1.54, 1.807) is 49.4 Å². The summed E-state index contributed by atoms with van der Waals surface area (Å²) >= 11 is 6.49. The van der Waals surface area contributed by atoms with Gasteiger partial charge in [0.1, 0.15) is 5.75 Å². The van der Waals surface area contributed by atoms with Gasteiger partial charge in [-0.25, -0.2) is 10.2 Å². The molecule has 186 valence electrons. The minimum absolute atomic E-state index is 0.108. The summed E-state index contributed by atoms with van der Waals surface area (Å²) in [6, 6.07) is 15.5. The van der Waals surface area contributed by atoms with Crippen LogP contribution in [-0.2, 0) is 4.79 Å². The number of carbonyl (C=O) groups is 2. The van der Waals surface area contributed by atoms with Crippen molar-refractivity contribution in [2.75, 3.05) is 13.2 Å². The molecule has 0 aliphatic carbocycles. The Hall–Kier alpha value is -3.77. The van der Waals surface area contributed by atoms with Gasteiger partial charge in [0, 0.05) is 16.6 Å². The smallest absolute Gasteiger partial charge is 0.343 e. The molecule has 1 amide bonds. The quantitative estimate of drug-likeness (QED) is 0.107. The molecule has 3 aromatic carbocycles. The van der Waals surface area contributed by atoms with Crippen molar-refractivity contribution in [2.24, 2.45) is 5.10 Å². The van der Waals surface area contributed by atoms with Crippen molar-refractivity contribution < 1.29 is 28.7 Å². The molecular formula is C24H19Br2N3O7. The predicted octanol–water partition coefficient (Wildman–Crippen LogP) is 5.27. The summed E-state index contributed by atoms with van der Waals surface area (Å²) in [6.07, 6.45) is 1.39. The van der Waals surface area contributed by atoms with E-state index in [1.807, 2.05) is 0 Å². The molecule has 0 spiro atoms. The van der Waals surface area contributed by atoms with Gasteiger partial charge >= 0.3 is 5.97 Å². The van der Waals surface area contributed by atoms with Crippen molar-refractivity contribution >= 4 is 55.6 Å². The molecule has 10 nitrogen and oxygen atoms in total. The lowest BCUT2D eigenvalue weighted by Gasteiger charge is -2.11. The van der Waals surface area contributed by atoms with Crippen LogP contribution in [-0.4, -0.2) is 36.2 Å². The van der Waals surface area contributed by atoms with E-state index in [4.69, 9.17) is 14.2 Å². The van der Waals surface area contributed by atoms with Crippen LogP contribution in [0.5, 0.6) is 17.2 Å². The highest BCUT2D eigenvalue weighted by molar-refractivity contribution is 9.10. The molecule has 12 heteroatoms. The molecule has 0 saturated carbocycles. The first-order valence-corrected chi connectivity index (χ1v) is 12.0. The monoisotopic (exact) mass is 619 g/mol. The number of nitrogens with one attached hydrogen (secondary N) is 1.